The van der Waals surface area contributed by atoms with Gasteiger partial charge in [-0.05, 0) is 25.8 Å². The van der Waals surface area contributed by atoms with Crippen molar-refractivity contribution in [2.75, 3.05) is 14.1 Å². The lowest BCUT2D eigenvalue weighted by molar-refractivity contribution is 0.489. The molecule has 0 heterocycles. The summed E-state index contributed by atoms with van der Waals surface area (Å²) in [4.78, 5) is 2.18. The molecule has 0 spiro atoms. The zero-order valence-electron chi connectivity index (χ0n) is 8.31. The average molecular weight is 153 g/mol. The van der Waals surface area contributed by atoms with E-state index in [1.54, 1.807) is 0 Å². The Balaban J connectivity index is 4.53. The molecule has 0 bridgehead atoms. The molecule has 0 aliphatic heterocycles. The number of hydrogen-bond donors (Lipinski definition) is 0. The molecule has 0 amide bonds. The molecule has 0 saturated heterocycles. The lowest BCUT2D eigenvalue weighted by Crippen LogP contribution is -2.11. The maximum absolute atomic E-state index is 2.18. The molecule has 11 heavy (non-hydrogen) atoms. The Morgan fingerprint density at radius 3 is 2.18 bits per heavy atom. The summed E-state index contributed by atoms with van der Waals surface area (Å²) in [5.74, 6) is 0. The molecule has 0 saturated carbocycles. The van der Waals surface area contributed by atoms with Crippen LogP contribution in [0.3, 0.4) is 0 Å². The molecule has 0 N–H and O–H groups in total. The van der Waals surface area contributed by atoms with Crippen molar-refractivity contribution >= 4 is 0 Å². The first-order valence-corrected chi connectivity index (χ1v) is 4.13. The minimum atomic E-state index is 1.10. The van der Waals surface area contributed by atoms with Gasteiger partial charge in [-0.1, -0.05) is 19.1 Å². The number of hydrogen-bond acceptors (Lipinski definition) is 1. The minimum Gasteiger partial charge on any atom is -0.381 e. The standard InChI is InChI=1S/C10H19N/c1-6-8-9(3)10(7-2)11(4)5/h6,8H,7H2,1-5H3/b8-6-,10-9-. The van der Waals surface area contributed by atoms with E-state index in [2.05, 4.69) is 45.0 Å². The summed E-state index contributed by atoms with van der Waals surface area (Å²) in [7, 11) is 4.18. The third kappa shape index (κ3) is 3.26. The van der Waals surface area contributed by atoms with Gasteiger partial charge < -0.3 is 4.90 Å². The maximum Gasteiger partial charge on any atom is 0.0154 e. The normalized spacial score (nSPS) is 13.5. The number of rotatable bonds is 3. The molecular formula is C10H19N. The summed E-state index contributed by atoms with van der Waals surface area (Å²) < 4.78 is 0. The fraction of sp³-hybridized carbons (Fsp3) is 0.600. The second-order valence-corrected chi connectivity index (χ2v) is 2.88. The van der Waals surface area contributed by atoms with Crippen molar-refractivity contribution in [3.8, 4) is 0 Å². The molecule has 0 aromatic carbocycles. The average Bonchev–Trinajstić information content (AvgIpc) is 1.88. The quantitative estimate of drug-likeness (QED) is 0.563. The Morgan fingerprint density at radius 1 is 1.36 bits per heavy atom. The monoisotopic (exact) mass is 153 g/mol. The van der Waals surface area contributed by atoms with Crippen molar-refractivity contribution in [1.82, 2.24) is 4.90 Å². The number of allylic oxidation sites excluding steroid dienone is 4. The van der Waals surface area contributed by atoms with E-state index in [1.165, 1.54) is 11.3 Å². The predicted molar refractivity (Wildman–Crippen MR) is 51.5 cm³/mol. The summed E-state index contributed by atoms with van der Waals surface area (Å²) in [5.41, 5.74) is 2.77. The van der Waals surface area contributed by atoms with Crippen LogP contribution in [0.25, 0.3) is 0 Å². The molecule has 0 aliphatic rings. The zero-order chi connectivity index (χ0) is 8.85. The highest BCUT2D eigenvalue weighted by molar-refractivity contribution is 5.21. The lowest BCUT2D eigenvalue weighted by Gasteiger charge is -2.17. The Labute approximate surface area is 70.4 Å². The van der Waals surface area contributed by atoms with Gasteiger partial charge in [0.1, 0.15) is 0 Å². The molecule has 0 aromatic heterocycles. The van der Waals surface area contributed by atoms with Crippen LogP contribution in [-0.4, -0.2) is 19.0 Å². The Hall–Kier alpha value is -0.720. The van der Waals surface area contributed by atoms with Crippen LogP contribution in [0.2, 0.25) is 0 Å². The third-order valence-electron chi connectivity index (χ3n) is 1.75. The van der Waals surface area contributed by atoms with Gasteiger partial charge in [0.05, 0.1) is 0 Å². The molecule has 0 aromatic rings. The Kier molecular flexibility index (Phi) is 4.67. The minimum absolute atomic E-state index is 1.10. The van der Waals surface area contributed by atoms with E-state index in [-0.39, 0.29) is 0 Å². The first-order valence-electron chi connectivity index (χ1n) is 4.13. The fourth-order valence-electron chi connectivity index (χ4n) is 1.29. The van der Waals surface area contributed by atoms with Gasteiger partial charge in [0.2, 0.25) is 0 Å². The smallest absolute Gasteiger partial charge is 0.0154 e. The van der Waals surface area contributed by atoms with E-state index in [9.17, 15) is 0 Å². The van der Waals surface area contributed by atoms with Crippen LogP contribution in [-0.2, 0) is 0 Å². The first-order chi connectivity index (χ1) is 5.13. The van der Waals surface area contributed by atoms with Crippen molar-refractivity contribution in [3.63, 3.8) is 0 Å². The molecule has 0 radical (unpaired) electrons. The van der Waals surface area contributed by atoms with Gasteiger partial charge in [-0.3, -0.25) is 0 Å². The van der Waals surface area contributed by atoms with E-state index in [0.717, 1.165) is 6.42 Å². The van der Waals surface area contributed by atoms with Crippen molar-refractivity contribution in [3.05, 3.63) is 23.4 Å². The van der Waals surface area contributed by atoms with Gasteiger partial charge in [0.25, 0.3) is 0 Å². The molecule has 0 atom stereocenters. The Morgan fingerprint density at radius 2 is 1.91 bits per heavy atom. The van der Waals surface area contributed by atoms with E-state index in [1.807, 2.05) is 6.92 Å². The highest BCUT2D eigenvalue weighted by atomic mass is 15.1. The summed E-state index contributed by atoms with van der Waals surface area (Å²) in [6.07, 6.45) is 5.33. The molecule has 1 heteroatoms. The maximum atomic E-state index is 2.18. The van der Waals surface area contributed by atoms with Crippen LogP contribution in [0.15, 0.2) is 23.4 Å². The van der Waals surface area contributed by atoms with Crippen LogP contribution in [0.5, 0.6) is 0 Å². The highest BCUT2D eigenvalue weighted by Gasteiger charge is 1.98. The molecule has 0 unspecified atom stereocenters. The van der Waals surface area contributed by atoms with Crippen LogP contribution < -0.4 is 0 Å². The van der Waals surface area contributed by atoms with Gasteiger partial charge in [-0.2, -0.15) is 0 Å². The van der Waals surface area contributed by atoms with Crippen LogP contribution in [0.4, 0.5) is 0 Å². The molecular weight excluding hydrogens is 134 g/mol. The second-order valence-electron chi connectivity index (χ2n) is 2.88. The SMILES string of the molecule is C/C=C\C(C)=C(\CC)N(C)C. The summed E-state index contributed by atoms with van der Waals surface area (Å²) in [6.45, 7) is 6.38. The summed E-state index contributed by atoms with van der Waals surface area (Å²) in [5, 5.41) is 0. The summed E-state index contributed by atoms with van der Waals surface area (Å²) >= 11 is 0. The van der Waals surface area contributed by atoms with Crippen LogP contribution >= 0.6 is 0 Å². The molecule has 0 aliphatic carbocycles. The van der Waals surface area contributed by atoms with Gasteiger partial charge in [-0.15, -0.1) is 0 Å². The zero-order valence-corrected chi connectivity index (χ0v) is 8.31. The summed E-state index contributed by atoms with van der Waals surface area (Å²) in [6, 6.07) is 0. The van der Waals surface area contributed by atoms with Crippen molar-refractivity contribution in [2.24, 2.45) is 0 Å². The lowest BCUT2D eigenvalue weighted by atomic mass is 10.1. The van der Waals surface area contributed by atoms with E-state index < -0.39 is 0 Å². The first kappa shape index (κ1) is 10.3. The van der Waals surface area contributed by atoms with Crippen LogP contribution in [0, 0.1) is 0 Å². The molecule has 0 fully saturated rings. The second kappa shape index (κ2) is 5.00. The highest BCUT2D eigenvalue weighted by Crippen LogP contribution is 2.11. The van der Waals surface area contributed by atoms with E-state index >= 15 is 0 Å². The van der Waals surface area contributed by atoms with Gasteiger partial charge in [-0.25, -0.2) is 0 Å². The largest absolute Gasteiger partial charge is 0.381 e. The van der Waals surface area contributed by atoms with Crippen LogP contribution in [0.1, 0.15) is 27.2 Å². The van der Waals surface area contributed by atoms with Gasteiger partial charge >= 0.3 is 0 Å². The van der Waals surface area contributed by atoms with E-state index in [4.69, 9.17) is 0 Å². The molecule has 1 nitrogen and oxygen atoms in total. The number of nitrogens with zero attached hydrogens (tertiary/aromatic N) is 1. The van der Waals surface area contributed by atoms with Crippen molar-refractivity contribution < 1.29 is 0 Å². The van der Waals surface area contributed by atoms with Gasteiger partial charge in [0, 0.05) is 19.8 Å². The Bertz CT molecular complexity index is 164. The fourth-order valence-corrected chi connectivity index (χ4v) is 1.29. The molecule has 64 valence electrons. The van der Waals surface area contributed by atoms with Gasteiger partial charge in [0.15, 0.2) is 0 Å². The molecule has 0 rings (SSSR count). The predicted octanol–water partition coefficient (Wildman–Crippen LogP) is 2.81. The van der Waals surface area contributed by atoms with Crippen molar-refractivity contribution in [1.29, 1.82) is 0 Å². The van der Waals surface area contributed by atoms with E-state index in [0.29, 0.717) is 0 Å². The van der Waals surface area contributed by atoms with Crippen molar-refractivity contribution in [2.45, 2.75) is 27.2 Å². The third-order valence-corrected chi connectivity index (χ3v) is 1.75. The topological polar surface area (TPSA) is 3.24 Å².